The Morgan fingerprint density at radius 1 is 1.30 bits per heavy atom. The Balaban J connectivity index is 1.78. The van der Waals surface area contributed by atoms with Crippen molar-refractivity contribution >= 4 is 17.4 Å². The summed E-state index contributed by atoms with van der Waals surface area (Å²) in [6, 6.07) is 8.78. The summed E-state index contributed by atoms with van der Waals surface area (Å²) in [5.41, 5.74) is 5.27. The quantitative estimate of drug-likeness (QED) is 0.859. The number of rotatable bonds is 3. The van der Waals surface area contributed by atoms with Gasteiger partial charge in [0.05, 0.1) is 12.2 Å². The number of pyridine rings is 1. The number of hydrogen-bond acceptors (Lipinski definition) is 5. The Morgan fingerprint density at radius 3 is 2.70 bits per heavy atom. The van der Waals surface area contributed by atoms with E-state index in [9.17, 15) is 18.0 Å². The second-order valence-electron chi connectivity index (χ2n) is 6.33. The third-order valence-electron chi connectivity index (χ3n) is 4.09. The van der Waals surface area contributed by atoms with Crippen LogP contribution >= 0.6 is 0 Å². The van der Waals surface area contributed by atoms with Gasteiger partial charge in [0.2, 0.25) is 0 Å². The normalized spacial score (nSPS) is 20.1. The van der Waals surface area contributed by atoms with Gasteiger partial charge in [-0.25, -0.2) is 0 Å². The van der Waals surface area contributed by atoms with E-state index in [2.05, 4.69) is 15.3 Å². The van der Waals surface area contributed by atoms with Gasteiger partial charge in [-0.1, -0.05) is 12.1 Å². The standard InChI is InChI=1S/C18H17F3N4O2/c1-17(10-27-9-15(22)25-17)11-3-2-4-13(7-11)24-16(26)14-6-5-12(8-23-14)18(19,20)21/h2-8H,9-10H2,1H3,(H2,22,25)(H,24,26). The highest BCUT2D eigenvalue weighted by molar-refractivity contribution is 6.02. The predicted molar refractivity (Wildman–Crippen MR) is 93.4 cm³/mol. The summed E-state index contributed by atoms with van der Waals surface area (Å²) in [6.45, 7) is 2.47. The van der Waals surface area contributed by atoms with E-state index in [0.717, 1.165) is 17.7 Å². The number of aliphatic imine (C=N–C) groups is 1. The number of alkyl halides is 3. The molecule has 0 spiro atoms. The summed E-state index contributed by atoms with van der Waals surface area (Å²) < 4.78 is 43.2. The van der Waals surface area contributed by atoms with Crippen LogP contribution in [0.25, 0.3) is 0 Å². The fourth-order valence-corrected chi connectivity index (χ4v) is 2.71. The monoisotopic (exact) mass is 378 g/mol. The summed E-state index contributed by atoms with van der Waals surface area (Å²) in [5, 5.41) is 2.62. The van der Waals surface area contributed by atoms with E-state index in [1.54, 1.807) is 18.2 Å². The molecule has 1 aromatic heterocycles. The van der Waals surface area contributed by atoms with Gasteiger partial charge in [0.25, 0.3) is 5.91 Å². The molecule has 1 amide bonds. The van der Waals surface area contributed by atoms with Crippen LogP contribution in [-0.4, -0.2) is 29.9 Å². The Morgan fingerprint density at radius 2 is 2.07 bits per heavy atom. The average Bonchev–Trinajstić information content (AvgIpc) is 2.61. The molecule has 0 radical (unpaired) electrons. The molecule has 0 fully saturated rings. The molecular weight excluding hydrogens is 361 g/mol. The second kappa shape index (κ2) is 6.99. The van der Waals surface area contributed by atoms with Crippen LogP contribution in [0.2, 0.25) is 0 Å². The number of anilines is 1. The first-order valence-corrected chi connectivity index (χ1v) is 8.04. The molecule has 1 aliphatic rings. The zero-order valence-electron chi connectivity index (χ0n) is 14.4. The predicted octanol–water partition coefficient (Wildman–Crippen LogP) is 2.96. The first-order valence-electron chi connectivity index (χ1n) is 8.04. The van der Waals surface area contributed by atoms with E-state index in [0.29, 0.717) is 24.3 Å². The zero-order valence-corrected chi connectivity index (χ0v) is 14.4. The van der Waals surface area contributed by atoms with Gasteiger partial charge in [-0.05, 0) is 36.8 Å². The van der Waals surface area contributed by atoms with Crippen LogP contribution in [0.15, 0.2) is 47.6 Å². The Bertz CT molecular complexity index is 881. The van der Waals surface area contributed by atoms with Crippen molar-refractivity contribution in [1.29, 1.82) is 0 Å². The van der Waals surface area contributed by atoms with Crippen LogP contribution in [0, 0.1) is 0 Å². The van der Waals surface area contributed by atoms with Gasteiger partial charge >= 0.3 is 6.18 Å². The lowest BCUT2D eigenvalue weighted by Gasteiger charge is -2.30. The number of carbonyl (C=O) groups is 1. The number of nitrogens with two attached hydrogens (primary N) is 1. The number of aromatic nitrogens is 1. The molecule has 9 heteroatoms. The number of amides is 1. The molecule has 6 nitrogen and oxygen atoms in total. The zero-order chi connectivity index (χ0) is 19.7. The van der Waals surface area contributed by atoms with Gasteiger partial charge < -0.3 is 15.8 Å². The first kappa shape index (κ1) is 18.8. The summed E-state index contributed by atoms with van der Waals surface area (Å²) in [6.07, 6.45) is -3.88. The van der Waals surface area contributed by atoms with Crippen LogP contribution < -0.4 is 11.1 Å². The van der Waals surface area contributed by atoms with Gasteiger partial charge in [-0.3, -0.25) is 14.8 Å². The third-order valence-corrected chi connectivity index (χ3v) is 4.09. The van der Waals surface area contributed by atoms with Crippen molar-refractivity contribution < 1.29 is 22.7 Å². The first-order chi connectivity index (χ1) is 12.7. The molecule has 1 unspecified atom stereocenters. The smallest absolute Gasteiger partial charge is 0.386 e. The lowest BCUT2D eigenvalue weighted by Crippen LogP contribution is -2.37. The van der Waals surface area contributed by atoms with Crippen LogP contribution in [0.4, 0.5) is 18.9 Å². The minimum atomic E-state index is -4.50. The minimum absolute atomic E-state index is 0.122. The summed E-state index contributed by atoms with van der Waals surface area (Å²) in [7, 11) is 0. The van der Waals surface area contributed by atoms with E-state index < -0.39 is 23.2 Å². The van der Waals surface area contributed by atoms with Gasteiger partial charge in [-0.2, -0.15) is 13.2 Å². The summed E-state index contributed by atoms with van der Waals surface area (Å²) in [5.74, 6) is -0.235. The molecule has 3 N–H and O–H groups in total. The van der Waals surface area contributed by atoms with Crippen molar-refractivity contribution in [1.82, 2.24) is 4.98 Å². The molecule has 142 valence electrons. The van der Waals surface area contributed by atoms with Crippen LogP contribution in [0.3, 0.4) is 0 Å². The number of benzene rings is 1. The van der Waals surface area contributed by atoms with Crippen molar-refractivity contribution in [3.63, 3.8) is 0 Å². The van der Waals surface area contributed by atoms with Crippen molar-refractivity contribution in [2.75, 3.05) is 18.5 Å². The molecule has 3 rings (SSSR count). The Labute approximate surface area is 153 Å². The number of hydrogen-bond donors (Lipinski definition) is 2. The van der Waals surface area contributed by atoms with E-state index in [4.69, 9.17) is 10.5 Å². The number of carbonyl (C=O) groups excluding carboxylic acids is 1. The SMILES string of the molecule is CC1(c2cccc(NC(=O)c3ccc(C(F)(F)F)cn3)c2)COCC(N)=N1. The Hall–Kier alpha value is -2.94. The highest BCUT2D eigenvalue weighted by atomic mass is 19.4. The van der Waals surface area contributed by atoms with Crippen molar-refractivity contribution in [3.05, 3.63) is 59.4 Å². The molecule has 0 saturated heterocycles. The van der Waals surface area contributed by atoms with Crippen molar-refractivity contribution in [3.8, 4) is 0 Å². The highest BCUT2D eigenvalue weighted by Gasteiger charge is 2.31. The van der Waals surface area contributed by atoms with E-state index in [1.807, 2.05) is 13.0 Å². The van der Waals surface area contributed by atoms with Gasteiger partial charge in [0.1, 0.15) is 23.7 Å². The van der Waals surface area contributed by atoms with Gasteiger partial charge in [0, 0.05) is 11.9 Å². The molecule has 1 aromatic carbocycles. The van der Waals surface area contributed by atoms with Gasteiger partial charge in [0.15, 0.2) is 0 Å². The van der Waals surface area contributed by atoms with Crippen molar-refractivity contribution in [2.45, 2.75) is 18.6 Å². The lowest BCUT2D eigenvalue weighted by atomic mass is 9.92. The van der Waals surface area contributed by atoms with E-state index >= 15 is 0 Å². The lowest BCUT2D eigenvalue weighted by molar-refractivity contribution is -0.137. The fourth-order valence-electron chi connectivity index (χ4n) is 2.71. The molecule has 2 aromatic rings. The maximum atomic E-state index is 12.6. The fraction of sp³-hybridized carbons (Fsp3) is 0.278. The van der Waals surface area contributed by atoms with Crippen molar-refractivity contribution in [2.24, 2.45) is 10.7 Å². The minimum Gasteiger partial charge on any atom is -0.386 e. The largest absolute Gasteiger partial charge is 0.417 e. The number of amidine groups is 1. The third kappa shape index (κ3) is 4.25. The molecule has 1 aliphatic heterocycles. The van der Waals surface area contributed by atoms with E-state index in [1.165, 1.54) is 0 Å². The molecule has 0 saturated carbocycles. The number of ether oxygens (including phenoxy) is 1. The Kier molecular flexibility index (Phi) is 4.88. The number of nitrogens with one attached hydrogen (secondary N) is 1. The molecule has 1 atom stereocenters. The number of nitrogens with zero attached hydrogens (tertiary/aromatic N) is 2. The van der Waals surface area contributed by atoms with E-state index in [-0.39, 0.29) is 12.3 Å². The van der Waals surface area contributed by atoms with Crippen LogP contribution in [0.5, 0.6) is 0 Å². The average molecular weight is 378 g/mol. The number of halogens is 3. The highest BCUT2D eigenvalue weighted by Crippen LogP contribution is 2.30. The van der Waals surface area contributed by atoms with Crippen LogP contribution in [0.1, 0.15) is 28.5 Å². The van der Waals surface area contributed by atoms with Gasteiger partial charge in [-0.15, -0.1) is 0 Å². The summed E-state index contributed by atoms with van der Waals surface area (Å²) in [4.78, 5) is 20.3. The topological polar surface area (TPSA) is 89.6 Å². The molecule has 2 heterocycles. The maximum absolute atomic E-state index is 12.6. The maximum Gasteiger partial charge on any atom is 0.417 e. The molecule has 27 heavy (non-hydrogen) atoms. The molecule has 0 bridgehead atoms. The summed E-state index contributed by atoms with van der Waals surface area (Å²) >= 11 is 0. The van der Waals surface area contributed by atoms with Crippen LogP contribution in [-0.2, 0) is 16.5 Å². The second-order valence-corrected chi connectivity index (χ2v) is 6.33. The molecule has 0 aliphatic carbocycles. The molecular formula is C18H17F3N4O2.